The van der Waals surface area contributed by atoms with E-state index in [1.165, 1.54) is 0 Å². The van der Waals surface area contributed by atoms with E-state index in [-0.39, 0.29) is 5.75 Å². The van der Waals surface area contributed by atoms with Crippen LogP contribution in [-0.4, -0.2) is 23.0 Å². The molecule has 2 aromatic rings. The number of hydrogen-bond acceptors (Lipinski definition) is 3. The van der Waals surface area contributed by atoms with Crippen LogP contribution in [0.15, 0.2) is 42.6 Å². The molecule has 2 rings (SSSR count). The molecule has 0 bridgehead atoms. The van der Waals surface area contributed by atoms with E-state index in [1.807, 2.05) is 0 Å². The van der Waals surface area contributed by atoms with Gasteiger partial charge in [0, 0.05) is 13.2 Å². The molecule has 0 aliphatic rings. The number of halogens is 3. The summed E-state index contributed by atoms with van der Waals surface area (Å²) in [6.45, 7) is -0.460. The lowest BCUT2D eigenvalue weighted by molar-refractivity contribution is -0.137. The summed E-state index contributed by atoms with van der Waals surface area (Å²) in [6.07, 6.45) is -2.76. The number of alkyl halides is 3. The monoisotopic (exact) mass is 341 g/mol. The normalized spacial score (nSPS) is 11.0. The summed E-state index contributed by atoms with van der Waals surface area (Å²) in [5.74, 6) is -1.06. The summed E-state index contributed by atoms with van der Waals surface area (Å²) in [5.41, 5.74) is 3.89. The van der Waals surface area contributed by atoms with Gasteiger partial charge in [-0.1, -0.05) is 0 Å². The van der Waals surface area contributed by atoms with Gasteiger partial charge in [-0.2, -0.15) is 13.2 Å². The minimum Gasteiger partial charge on any atom is -0.484 e. The van der Waals surface area contributed by atoms with Crippen LogP contribution in [0.5, 0.6) is 5.75 Å². The maximum Gasteiger partial charge on any atom is 0.416 e. The van der Waals surface area contributed by atoms with Crippen molar-refractivity contribution in [2.45, 2.75) is 6.18 Å². The van der Waals surface area contributed by atoms with Gasteiger partial charge in [-0.05, 0) is 36.4 Å². The van der Waals surface area contributed by atoms with Crippen molar-refractivity contribution in [2.75, 3.05) is 6.61 Å². The smallest absolute Gasteiger partial charge is 0.416 e. The standard InChI is InChI=1S/C15H14F3N3O3/c1-21-8-2-3-12(21)14(23)20-19-13(22)9-24-11-6-4-10(5-7-11)15(16,17)18/h2-8H,9H2,1H3,(H,19,22)(H,20,23). The predicted octanol–water partition coefficient (Wildman–Crippen LogP) is 1.88. The van der Waals surface area contributed by atoms with Crippen LogP contribution in [0.25, 0.3) is 0 Å². The molecular formula is C15H14F3N3O3. The quantitative estimate of drug-likeness (QED) is 0.834. The van der Waals surface area contributed by atoms with Crippen molar-refractivity contribution in [1.29, 1.82) is 0 Å². The minimum absolute atomic E-state index is 0.104. The molecule has 2 N–H and O–H groups in total. The summed E-state index contributed by atoms with van der Waals surface area (Å²) >= 11 is 0. The van der Waals surface area contributed by atoms with Gasteiger partial charge in [0.2, 0.25) is 0 Å². The second kappa shape index (κ2) is 7.07. The van der Waals surface area contributed by atoms with Crippen LogP contribution in [0.2, 0.25) is 0 Å². The summed E-state index contributed by atoms with van der Waals surface area (Å²) in [4.78, 5) is 23.3. The first kappa shape index (κ1) is 17.4. The highest BCUT2D eigenvalue weighted by atomic mass is 19.4. The average molecular weight is 341 g/mol. The molecule has 24 heavy (non-hydrogen) atoms. The summed E-state index contributed by atoms with van der Waals surface area (Å²) in [7, 11) is 1.67. The maximum atomic E-state index is 12.4. The molecule has 0 saturated carbocycles. The number of rotatable bonds is 4. The number of hydrazine groups is 1. The van der Waals surface area contributed by atoms with E-state index in [4.69, 9.17) is 4.74 Å². The van der Waals surface area contributed by atoms with E-state index in [0.29, 0.717) is 5.69 Å². The predicted molar refractivity (Wildman–Crippen MR) is 78.0 cm³/mol. The highest BCUT2D eigenvalue weighted by molar-refractivity contribution is 5.94. The van der Waals surface area contributed by atoms with E-state index in [1.54, 1.807) is 29.9 Å². The van der Waals surface area contributed by atoms with Crippen molar-refractivity contribution in [1.82, 2.24) is 15.4 Å². The van der Waals surface area contributed by atoms with Gasteiger partial charge in [-0.15, -0.1) is 0 Å². The van der Waals surface area contributed by atoms with Crippen molar-refractivity contribution in [3.63, 3.8) is 0 Å². The Balaban J connectivity index is 1.79. The average Bonchev–Trinajstić information content (AvgIpc) is 2.96. The Hall–Kier alpha value is -2.97. The number of carbonyl (C=O) groups is 2. The topological polar surface area (TPSA) is 72.4 Å². The third-order valence-electron chi connectivity index (χ3n) is 3.04. The van der Waals surface area contributed by atoms with E-state index in [2.05, 4.69) is 10.9 Å². The lowest BCUT2D eigenvalue weighted by Crippen LogP contribution is -2.44. The van der Waals surface area contributed by atoms with E-state index >= 15 is 0 Å². The molecule has 0 aliphatic heterocycles. The number of hydrogen-bond donors (Lipinski definition) is 2. The van der Waals surface area contributed by atoms with E-state index in [9.17, 15) is 22.8 Å². The number of aryl methyl sites for hydroxylation is 1. The molecule has 0 radical (unpaired) electrons. The van der Waals surface area contributed by atoms with Crippen molar-refractivity contribution < 1.29 is 27.5 Å². The second-order valence-electron chi connectivity index (χ2n) is 4.82. The zero-order chi connectivity index (χ0) is 17.7. The molecule has 1 heterocycles. The van der Waals surface area contributed by atoms with Gasteiger partial charge in [0.05, 0.1) is 5.56 Å². The minimum atomic E-state index is -4.43. The van der Waals surface area contributed by atoms with Crippen LogP contribution < -0.4 is 15.6 Å². The van der Waals surface area contributed by atoms with Gasteiger partial charge in [0.15, 0.2) is 6.61 Å². The Morgan fingerprint density at radius 3 is 2.33 bits per heavy atom. The number of ether oxygens (including phenoxy) is 1. The van der Waals surface area contributed by atoms with Gasteiger partial charge < -0.3 is 9.30 Å². The molecule has 128 valence electrons. The first-order valence-electron chi connectivity index (χ1n) is 6.78. The summed E-state index contributed by atoms with van der Waals surface area (Å²) in [5, 5.41) is 0. The fraction of sp³-hybridized carbons (Fsp3) is 0.200. The molecule has 1 aromatic heterocycles. The van der Waals surface area contributed by atoms with Gasteiger partial charge >= 0.3 is 6.18 Å². The van der Waals surface area contributed by atoms with Gasteiger partial charge in [-0.3, -0.25) is 20.4 Å². The molecule has 0 spiro atoms. The third kappa shape index (κ3) is 4.51. The van der Waals surface area contributed by atoms with Crippen LogP contribution in [0.1, 0.15) is 16.1 Å². The van der Waals surface area contributed by atoms with Gasteiger partial charge in [0.25, 0.3) is 11.8 Å². The Bertz CT molecular complexity index is 724. The van der Waals surface area contributed by atoms with Gasteiger partial charge in [-0.25, -0.2) is 0 Å². The number of nitrogens with zero attached hydrogens (tertiary/aromatic N) is 1. The first-order valence-corrected chi connectivity index (χ1v) is 6.78. The number of aromatic nitrogens is 1. The Labute approximate surface area is 135 Å². The van der Waals surface area contributed by atoms with Crippen LogP contribution in [-0.2, 0) is 18.0 Å². The number of benzene rings is 1. The highest BCUT2D eigenvalue weighted by Gasteiger charge is 2.30. The zero-order valence-corrected chi connectivity index (χ0v) is 12.6. The third-order valence-corrected chi connectivity index (χ3v) is 3.04. The van der Waals surface area contributed by atoms with Crippen molar-refractivity contribution >= 4 is 11.8 Å². The lowest BCUT2D eigenvalue weighted by Gasteiger charge is -2.10. The van der Waals surface area contributed by atoms with Crippen LogP contribution in [0.4, 0.5) is 13.2 Å². The molecule has 6 nitrogen and oxygen atoms in total. The molecule has 0 aliphatic carbocycles. The zero-order valence-electron chi connectivity index (χ0n) is 12.6. The van der Waals surface area contributed by atoms with E-state index in [0.717, 1.165) is 24.3 Å². The Kier molecular flexibility index (Phi) is 5.12. The maximum absolute atomic E-state index is 12.4. The number of nitrogens with one attached hydrogen (secondary N) is 2. The molecule has 1 aromatic carbocycles. The second-order valence-corrected chi connectivity index (χ2v) is 4.82. The van der Waals surface area contributed by atoms with Crippen molar-refractivity contribution in [3.8, 4) is 5.75 Å². The largest absolute Gasteiger partial charge is 0.484 e. The molecule has 2 amide bonds. The van der Waals surface area contributed by atoms with Gasteiger partial charge in [0.1, 0.15) is 11.4 Å². The van der Waals surface area contributed by atoms with E-state index < -0.39 is 30.2 Å². The summed E-state index contributed by atoms with van der Waals surface area (Å²) < 4.78 is 43.8. The Morgan fingerprint density at radius 2 is 1.79 bits per heavy atom. The first-order chi connectivity index (χ1) is 11.3. The lowest BCUT2D eigenvalue weighted by atomic mass is 10.2. The molecule has 0 unspecified atom stereocenters. The molecular weight excluding hydrogens is 327 g/mol. The van der Waals surface area contributed by atoms with Crippen LogP contribution >= 0.6 is 0 Å². The molecule has 0 fully saturated rings. The van der Waals surface area contributed by atoms with Crippen LogP contribution in [0, 0.1) is 0 Å². The fourth-order valence-electron chi connectivity index (χ4n) is 1.81. The van der Waals surface area contributed by atoms with Crippen molar-refractivity contribution in [2.24, 2.45) is 7.05 Å². The number of amides is 2. The molecule has 0 saturated heterocycles. The Morgan fingerprint density at radius 1 is 1.12 bits per heavy atom. The molecule has 9 heteroatoms. The molecule has 0 atom stereocenters. The SMILES string of the molecule is Cn1cccc1C(=O)NNC(=O)COc1ccc(C(F)(F)F)cc1. The van der Waals surface area contributed by atoms with Crippen LogP contribution in [0.3, 0.4) is 0 Å². The number of carbonyl (C=O) groups excluding carboxylic acids is 2. The summed E-state index contributed by atoms with van der Waals surface area (Å²) in [6, 6.07) is 7.16. The highest BCUT2D eigenvalue weighted by Crippen LogP contribution is 2.30. The van der Waals surface area contributed by atoms with Crippen molar-refractivity contribution in [3.05, 3.63) is 53.9 Å². The fourth-order valence-corrected chi connectivity index (χ4v) is 1.81.